The van der Waals surface area contributed by atoms with E-state index >= 15 is 0 Å². The van der Waals surface area contributed by atoms with Gasteiger partial charge in [-0.05, 0) is 50.1 Å². The van der Waals surface area contributed by atoms with Crippen molar-refractivity contribution in [1.29, 1.82) is 0 Å². The minimum atomic E-state index is -1.07. The number of nitrogens with one attached hydrogen (secondary N) is 1. The molecular weight excluding hydrogens is 380 g/mol. The van der Waals surface area contributed by atoms with Gasteiger partial charge in [0, 0.05) is 36.1 Å². The summed E-state index contributed by atoms with van der Waals surface area (Å²) in [5, 5.41) is 14.2. The summed E-state index contributed by atoms with van der Waals surface area (Å²) in [5.74, 6) is 1.27. The standard InChI is InChI=1S/C20H25ClN4O3/c1-22-18(13-25(10-11-26)20(27)28)15-6-8-24(9-7-15)19-5-3-14-2-4-16(21)12-17(14)23-19/h2-5,11-12,15,18,22H,6-10,13H2,1H3,(H,27,28). The highest BCUT2D eigenvalue weighted by molar-refractivity contribution is 6.31. The van der Waals surface area contributed by atoms with Crippen LogP contribution in [-0.4, -0.2) is 66.6 Å². The van der Waals surface area contributed by atoms with Gasteiger partial charge in [-0.25, -0.2) is 9.78 Å². The number of carbonyl (C=O) groups is 2. The fourth-order valence-electron chi connectivity index (χ4n) is 3.82. The van der Waals surface area contributed by atoms with Gasteiger partial charge < -0.3 is 20.1 Å². The number of fused-ring (bicyclic) bond motifs is 1. The number of amides is 1. The first-order valence-electron chi connectivity index (χ1n) is 9.42. The van der Waals surface area contributed by atoms with E-state index in [0.29, 0.717) is 23.8 Å². The van der Waals surface area contributed by atoms with E-state index < -0.39 is 6.09 Å². The van der Waals surface area contributed by atoms with Crippen molar-refractivity contribution in [2.75, 3.05) is 38.1 Å². The second-order valence-corrected chi connectivity index (χ2v) is 7.52. The maximum absolute atomic E-state index is 11.3. The third-order valence-corrected chi connectivity index (χ3v) is 5.66. The number of hydrogen-bond acceptors (Lipinski definition) is 5. The molecule has 0 radical (unpaired) electrons. The Hall–Kier alpha value is -2.38. The number of pyridine rings is 1. The van der Waals surface area contributed by atoms with Crippen LogP contribution in [0.3, 0.4) is 0 Å². The van der Waals surface area contributed by atoms with E-state index in [4.69, 9.17) is 16.6 Å². The number of likely N-dealkylation sites (N-methyl/N-ethyl adjacent to an activating group) is 1. The summed E-state index contributed by atoms with van der Waals surface area (Å²) in [6.07, 6.45) is 1.41. The lowest BCUT2D eigenvalue weighted by Crippen LogP contribution is -2.49. The molecule has 1 unspecified atom stereocenters. The number of nitrogens with zero attached hydrogens (tertiary/aromatic N) is 3. The zero-order chi connectivity index (χ0) is 20.1. The fraction of sp³-hybridized carbons (Fsp3) is 0.450. The van der Waals surface area contributed by atoms with E-state index in [-0.39, 0.29) is 12.6 Å². The summed E-state index contributed by atoms with van der Waals surface area (Å²) in [6, 6.07) is 9.80. The van der Waals surface area contributed by atoms with Crippen molar-refractivity contribution in [3.63, 3.8) is 0 Å². The van der Waals surface area contributed by atoms with E-state index in [0.717, 1.165) is 47.6 Å². The maximum atomic E-state index is 11.3. The Balaban J connectivity index is 1.64. The highest BCUT2D eigenvalue weighted by atomic mass is 35.5. The Labute approximate surface area is 169 Å². The first-order valence-corrected chi connectivity index (χ1v) is 9.79. The molecule has 7 nitrogen and oxygen atoms in total. The molecule has 1 atom stereocenters. The molecule has 2 heterocycles. The Morgan fingerprint density at radius 3 is 2.75 bits per heavy atom. The van der Waals surface area contributed by atoms with Gasteiger partial charge in [0.25, 0.3) is 0 Å². The predicted molar refractivity (Wildman–Crippen MR) is 110 cm³/mol. The summed E-state index contributed by atoms with van der Waals surface area (Å²) >= 11 is 6.08. The molecule has 150 valence electrons. The van der Waals surface area contributed by atoms with Gasteiger partial charge in [0.1, 0.15) is 12.1 Å². The largest absolute Gasteiger partial charge is 0.465 e. The number of aldehydes is 1. The van der Waals surface area contributed by atoms with Gasteiger partial charge in [-0.1, -0.05) is 17.7 Å². The smallest absolute Gasteiger partial charge is 0.407 e. The first-order chi connectivity index (χ1) is 13.5. The number of anilines is 1. The van der Waals surface area contributed by atoms with Crippen LogP contribution in [0.5, 0.6) is 0 Å². The quantitative estimate of drug-likeness (QED) is 0.690. The van der Waals surface area contributed by atoms with Gasteiger partial charge in [-0.15, -0.1) is 0 Å². The number of carbonyl (C=O) groups excluding carboxylic acids is 1. The lowest BCUT2D eigenvalue weighted by atomic mass is 9.89. The Morgan fingerprint density at radius 2 is 2.11 bits per heavy atom. The molecule has 1 aliphatic rings. The van der Waals surface area contributed by atoms with Crippen LogP contribution in [0.2, 0.25) is 5.02 Å². The van der Waals surface area contributed by atoms with Gasteiger partial charge in [-0.2, -0.15) is 0 Å². The van der Waals surface area contributed by atoms with Crippen molar-refractivity contribution in [3.8, 4) is 0 Å². The summed E-state index contributed by atoms with van der Waals surface area (Å²) in [4.78, 5) is 30.2. The summed E-state index contributed by atoms with van der Waals surface area (Å²) in [6.45, 7) is 1.91. The van der Waals surface area contributed by atoms with Crippen LogP contribution in [-0.2, 0) is 4.79 Å². The monoisotopic (exact) mass is 404 g/mol. The van der Waals surface area contributed by atoms with Crippen molar-refractivity contribution >= 4 is 40.7 Å². The maximum Gasteiger partial charge on any atom is 0.407 e. The molecular formula is C20H25ClN4O3. The third kappa shape index (κ3) is 4.72. The normalized spacial score (nSPS) is 16.1. The van der Waals surface area contributed by atoms with Gasteiger partial charge in [0.05, 0.1) is 12.1 Å². The van der Waals surface area contributed by atoms with Crippen LogP contribution >= 0.6 is 11.6 Å². The number of hydrogen-bond donors (Lipinski definition) is 2. The lowest BCUT2D eigenvalue weighted by molar-refractivity contribution is -0.108. The Morgan fingerprint density at radius 1 is 1.39 bits per heavy atom. The molecule has 1 aromatic carbocycles. The molecule has 1 amide bonds. The molecule has 1 aliphatic heterocycles. The summed E-state index contributed by atoms with van der Waals surface area (Å²) in [5.41, 5.74) is 0.881. The van der Waals surface area contributed by atoms with Crippen molar-refractivity contribution < 1.29 is 14.7 Å². The van der Waals surface area contributed by atoms with Crippen LogP contribution in [0, 0.1) is 5.92 Å². The number of piperidine rings is 1. The van der Waals surface area contributed by atoms with Crippen LogP contribution < -0.4 is 10.2 Å². The average molecular weight is 405 g/mol. The molecule has 8 heteroatoms. The lowest BCUT2D eigenvalue weighted by Gasteiger charge is -2.37. The topological polar surface area (TPSA) is 85.8 Å². The predicted octanol–water partition coefficient (Wildman–Crippen LogP) is 2.87. The zero-order valence-corrected chi connectivity index (χ0v) is 16.6. The molecule has 0 saturated carbocycles. The highest BCUT2D eigenvalue weighted by Crippen LogP contribution is 2.27. The van der Waals surface area contributed by atoms with Crippen molar-refractivity contribution in [3.05, 3.63) is 35.4 Å². The second kappa shape index (κ2) is 9.21. The first kappa shape index (κ1) is 20.4. The molecule has 0 aliphatic carbocycles. The fourth-order valence-corrected chi connectivity index (χ4v) is 3.99. The van der Waals surface area contributed by atoms with E-state index in [1.807, 2.05) is 31.3 Å². The Kier molecular flexibility index (Phi) is 6.70. The van der Waals surface area contributed by atoms with Gasteiger partial charge >= 0.3 is 6.09 Å². The molecule has 28 heavy (non-hydrogen) atoms. The number of rotatable bonds is 7. The molecule has 0 bridgehead atoms. The molecule has 1 aromatic heterocycles. The molecule has 3 rings (SSSR count). The van der Waals surface area contributed by atoms with Crippen molar-refractivity contribution in [2.45, 2.75) is 18.9 Å². The third-order valence-electron chi connectivity index (χ3n) is 5.43. The minimum absolute atomic E-state index is 0.0153. The molecule has 2 N–H and O–H groups in total. The van der Waals surface area contributed by atoms with Gasteiger partial charge in [0.15, 0.2) is 0 Å². The number of halogens is 1. The van der Waals surface area contributed by atoms with Crippen LogP contribution in [0.4, 0.5) is 10.6 Å². The molecule has 0 spiro atoms. The highest BCUT2D eigenvalue weighted by Gasteiger charge is 2.28. The van der Waals surface area contributed by atoms with Crippen LogP contribution in [0.1, 0.15) is 12.8 Å². The average Bonchev–Trinajstić information content (AvgIpc) is 2.70. The molecule has 1 fully saturated rings. The SMILES string of the molecule is CNC(CN(CC=O)C(=O)O)C1CCN(c2ccc3ccc(Cl)cc3n2)CC1. The summed E-state index contributed by atoms with van der Waals surface area (Å²) in [7, 11) is 1.84. The van der Waals surface area contributed by atoms with Crippen LogP contribution in [0.15, 0.2) is 30.3 Å². The van der Waals surface area contributed by atoms with Gasteiger partial charge in [0.2, 0.25) is 0 Å². The van der Waals surface area contributed by atoms with E-state index in [1.165, 1.54) is 0 Å². The zero-order valence-electron chi connectivity index (χ0n) is 15.8. The Bertz CT molecular complexity index is 839. The second-order valence-electron chi connectivity index (χ2n) is 7.08. The number of aromatic nitrogens is 1. The minimum Gasteiger partial charge on any atom is -0.465 e. The van der Waals surface area contributed by atoms with E-state index in [1.54, 1.807) is 0 Å². The molecule has 2 aromatic rings. The van der Waals surface area contributed by atoms with Gasteiger partial charge in [-0.3, -0.25) is 4.90 Å². The van der Waals surface area contributed by atoms with Crippen LogP contribution in [0.25, 0.3) is 10.9 Å². The molecule has 1 saturated heterocycles. The van der Waals surface area contributed by atoms with E-state index in [2.05, 4.69) is 16.3 Å². The van der Waals surface area contributed by atoms with E-state index in [9.17, 15) is 14.7 Å². The number of benzene rings is 1. The van der Waals surface area contributed by atoms with Crippen molar-refractivity contribution in [2.24, 2.45) is 5.92 Å². The van der Waals surface area contributed by atoms with Crippen molar-refractivity contribution in [1.82, 2.24) is 15.2 Å². The summed E-state index contributed by atoms with van der Waals surface area (Å²) < 4.78 is 0. The number of carboxylic acid groups (broad SMARTS) is 1.